The number of carbonyl (C=O) groups is 1. The molecule has 0 spiro atoms. The summed E-state index contributed by atoms with van der Waals surface area (Å²) in [5, 5.41) is 13.0. The van der Waals surface area contributed by atoms with Crippen LogP contribution < -0.4 is 5.32 Å². The molecule has 16 heavy (non-hydrogen) atoms. The van der Waals surface area contributed by atoms with Crippen molar-refractivity contribution in [2.24, 2.45) is 0 Å². The number of anilines is 1. The fourth-order valence-electron chi connectivity index (χ4n) is 1.28. The first-order valence-corrected chi connectivity index (χ1v) is 4.83. The van der Waals surface area contributed by atoms with Crippen LogP contribution in [0.2, 0.25) is 0 Å². The Kier molecular flexibility index (Phi) is 2.47. The van der Waals surface area contributed by atoms with Crippen LogP contribution in [-0.4, -0.2) is 21.3 Å². The third kappa shape index (κ3) is 1.69. The standard InChI is InChI=1S/C10H12N4O2/c1-5-4-11-16-8(5)10(15)12-9-6(2)7(3)13-14-9/h4H,1-3H3,(H2,12,13,14,15). The molecule has 0 radical (unpaired) electrons. The van der Waals surface area contributed by atoms with Crippen molar-refractivity contribution in [3.05, 3.63) is 28.8 Å². The van der Waals surface area contributed by atoms with E-state index in [1.807, 2.05) is 13.8 Å². The summed E-state index contributed by atoms with van der Waals surface area (Å²) in [6.07, 6.45) is 1.50. The lowest BCUT2D eigenvalue weighted by molar-refractivity contribution is 0.0986. The highest BCUT2D eigenvalue weighted by molar-refractivity contribution is 6.02. The Bertz CT molecular complexity index is 527. The highest BCUT2D eigenvalue weighted by atomic mass is 16.5. The minimum Gasteiger partial charge on any atom is -0.351 e. The molecule has 0 saturated carbocycles. The van der Waals surface area contributed by atoms with Crippen molar-refractivity contribution in [2.45, 2.75) is 20.8 Å². The number of aromatic nitrogens is 3. The molecule has 0 aliphatic heterocycles. The van der Waals surface area contributed by atoms with E-state index in [1.54, 1.807) is 6.92 Å². The average molecular weight is 220 g/mol. The molecular weight excluding hydrogens is 208 g/mol. The van der Waals surface area contributed by atoms with E-state index < -0.39 is 0 Å². The first-order valence-electron chi connectivity index (χ1n) is 4.83. The maximum Gasteiger partial charge on any atom is 0.295 e. The maximum atomic E-state index is 11.8. The van der Waals surface area contributed by atoms with E-state index in [0.717, 1.165) is 11.3 Å². The number of nitrogens with one attached hydrogen (secondary N) is 2. The molecule has 0 aliphatic rings. The SMILES string of the molecule is Cc1cnoc1C(=O)Nc1n[nH]c(C)c1C. The minimum atomic E-state index is -0.343. The van der Waals surface area contributed by atoms with Gasteiger partial charge in [0.15, 0.2) is 5.82 Å². The first-order chi connectivity index (χ1) is 7.59. The Morgan fingerprint density at radius 2 is 2.19 bits per heavy atom. The van der Waals surface area contributed by atoms with Crippen LogP contribution in [0.3, 0.4) is 0 Å². The Labute approximate surface area is 92.0 Å². The number of aromatic amines is 1. The van der Waals surface area contributed by atoms with Gasteiger partial charge in [0.2, 0.25) is 5.76 Å². The van der Waals surface area contributed by atoms with Crippen molar-refractivity contribution in [3.8, 4) is 0 Å². The third-order valence-corrected chi connectivity index (χ3v) is 2.44. The average Bonchev–Trinajstić information content (AvgIpc) is 2.79. The Hall–Kier alpha value is -2.11. The molecule has 0 bridgehead atoms. The highest BCUT2D eigenvalue weighted by Gasteiger charge is 2.16. The largest absolute Gasteiger partial charge is 0.351 e. The Morgan fingerprint density at radius 1 is 1.44 bits per heavy atom. The van der Waals surface area contributed by atoms with Crippen LogP contribution >= 0.6 is 0 Å². The van der Waals surface area contributed by atoms with Gasteiger partial charge in [0.25, 0.3) is 5.91 Å². The lowest BCUT2D eigenvalue weighted by Crippen LogP contribution is -2.13. The van der Waals surface area contributed by atoms with E-state index in [1.165, 1.54) is 6.20 Å². The van der Waals surface area contributed by atoms with Gasteiger partial charge in [-0.25, -0.2) is 0 Å². The number of hydrogen-bond acceptors (Lipinski definition) is 4. The number of amides is 1. The molecule has 6 nitrogen and oxygen atoms in total. The van der Waals surface area contributed by atoms with Crippen LogP contribution in [0.5, 0.6) is 0 Å². The molecule has 84 valence electrons. The molecule has 6 heteroatoms. The molecule has 0 unspecified atom stereocenters. The smallest absolute Gasteiger partial charge is 0.295 e. The summed E-state index contributed by atoms with van der Waals surface area (Å²) in [5.74, 6) is 0.378. The molecule has 0 aromatic carbocycles. The molecule has 2 aromatic rings. The second-order valence-corrected chi connectivity index (χ2v) is 3.61. The van der Waals surface area contributed by atoms with E-state index >= 15 is 0 Å². The van der Waals surface area contributed by atoms with Gasteiger partial charge in [-0.2, -0.15) is 5.10 Å². The summed E-state index contributed by atoms with van der Waals surface area (Å²) in [6, 6.07) is 0. The summed E-state index contributed by atoms with van der Waals surface area (Å²) >= 11 is 0. The van der Waals surface area contributed by atoms with Crippen LogP contribution in [0.4, 0.5) is 5.82 Å². The monoisotopic (exact) mass is 220 g/mol. The number of H-pyrrole nitrogens is 1. The zero-order valence-corrected chi connectivity index (χ0v) is 9.29. The van der Waals surface area contributed by atoms with Crippen molar-refractivity contribution in [1.82, 2.24) is 15.4 Å². The predicted octanol–water partition coefficient (Wildman–Crippen LogP) is 1.58. The third-order valence-electron chi connectivity index (χ3n) is 2.44. The summed E-state index contributed by atoms with van der Waals surface area (Å²) in [7, 11) is 0. The molecule has 2 rings (SSSR count). The van der Waals surface area contributed by atoms with Gasteiger partial charge in [0, 0.05) is 16.8 Å². The zero-order chi connectivity index (χ0) is 11.7. The molecule has 0 aliphatic carbocycles. The van der Waals surface area contributed by atoms with Crippen LogP contribution in [0.15, 0.2) is 10.7 Å². The predicted molar refractivity (Wildman–Crippen MR) is 57.3 cm³/mol. The number of nitrogens with zero attached hydrogens (tertiary/aromatic N) is 2. The van der Waals surface area contributed by atoms with E-state index in [9.17, 15) is 4.79 Å². The zero-order valence-electron chi connectivity index (χ0n) is 9.29. The topological polar surface area (TPSA) is 83.8 Å². The van der Waals surface area contributed by atoms with Crippen molar-refractivity contribution in [1.29, 1.82) is 0 Å². The van der Waals surface area contributed by atoms with Gasteiger partial charge < -0.3 is 9.84 Å². The molecule has 2 aromatic heterocycles. The molecule has 0 fully saturated rings. The van der Waals surface area contributed by atoms with Gasteiger partial charge in [-0.1, -0.05) is 5.16 Å². The van der Waals surface area contributed by atoms with E-state index in [4.69, 9.17) is 4.52 Å². The van der Waals surface area contributed by atoms with Crippen LogP contribution in [-0.2, 0) is 0 Å². The lowest BCUT2D eigenvalue weighted by Gasteiger charge is -2.00. The number of aryl methyl sites for hydroxylation is 2. The van der Waals surface area contributed by atoms with Crippen LogP contribution in [0, 0.1) is 20.8 Å². The molecule has 0 atom stereocenters. The van der Waals surface area contributed by atoms with Gasteiger partial charge in [-0.15, -0.1) is 0 Å². The molecule has 2 N–H and O–H groups in total. The molecule has 2 heterocycles. The van der Waals surface area contributed by atoms with Gasteiger partial charge in [0.05, 0.1) is 6.20 Å². The maximum absolute atomic E-state index is 11.8. The summed E-state index contributed by atoms with van der Waals surface area (Å²) in [5.41, 5.74) is 2.53. The number of rotatable bonds is 2. The van der Waals surface area contributed by atoms with Crippen molar-refractivity contribution < 1.29 is 9.32 Å². The van der Waals surface area contributed by atoms with Crippen LogP contribution in [0.25, 0.3) is 0 Å². The van der Waals surface area contributed by atoms with Gasteiger partial charge >= 0.3 is 0 Å². The highest BCUT2D eigenvalue weighted by Crippen LogP contribution is 2.15. The van der Waals surface area contributed by atoms with Crippen molar-refractivity contribution in [3.63, 3.8) is 0 Å². The van der Waals surface area contributed by atoms with E-state index in [0.29, 0.717) is 11.4 Å². The van der Waals surface area contributed by atoms with Crippen molar-refractivity contribution in [2.75, 3.05) is 5.32 Å². The van der Waals surface area contributed by atoms with Gasteiger partial charge in [0.1, 0.15) is 0 Å². The fourth-order valence-corrected chi connectivity index (χ4v) is 1.28. The Balaban J connectivity index is 2.20. The fraction of sp³-hybridized carbons (Fsp3) is 0.300. The second kappa shape index (κ2) is 3.80. The molecular formula is C10H12N4O2. The molecule has 0 saturated heterocycles. The summed E-state index contributed by atoms with van der Waals surface area (Å²) in [6.45, 7) is 5.52. The van der Waals surface area contributed by atoms with Gasteiger partial charge in [-0.05, 0) is 20.8 Å². The van der Waals surface area contributed by atoms with Gasteiger partial charge in [-0.3, -0.25) is 9.89 Å². The molecule has 1 amide bonds. The Morgan fingerprint density at radius 3 is 2.69 bits per heavy atom. The number of hydrogen-bond donors (Lipinski definition) is 2. The normalized spacial score (nSPS) is 10.4. The van der Waals surface area contributed by atoms with Crippen molar-refractivity contribution >= 4 is 11.7 Å². The summed E-state index contributed by atoms with van der Waals surface area (Å²) in [4.78, 5) is 11.8. The first kappa shape index (κ1) is 10.4. The summed E-state index contributed by atoms with van der Waals surface area (Å²) < 4.78 is 4.84. The number of carbonyl (C=O) groups excluding carboxylic acids is 1. The lowest BCUT2D eigenvalue weighted by atomic mass is 10.2. The van der Waals surface area contributed by atoms with Crippen LogP contribution in [0.1, 0.15) is 27.4 Å². The quantitative estimate of drug-likeness (QED) is 0.804. The van der Waals surface area contributed by atoms with E-state index in [2.05, 4.69) is 20.7 Å². The second-order valence-electron chi connectivity index (χ2n) is 3.61. The minimum absolute atomic E-state index is 0.208. The van der Waals surface area contributed by atoms with E-state index in [-0.39, 0.29) is 11.7 Å².